The van der Waals surface area contributed by atoms with Gasteiger partial charge in [-0.05, 0) is 61.9 Å². The molecule has 4 rings (SSSR count). The molecule has 0 radical (unpaired) electrons. The monoisotopic (exact) mass is 532 g/mol. The standard InChI is InChI=1S/C27H30F6O4/c1-3-10-25(2)14-35-27(34,36-15-25)18-6-4-17(5-7-18)26(32,33)37-19-8-9-20(21(28)13-19)16-11-22(29)24(31)23(30)12-16/h8-9,11-13,17-18,34H,3-7,10,14-15H2,1-2H3. The lowest BCUT2D eigenvalue weighted by Crippen LogP contribution is -2.54. The summed E-state index contributed by atoms with van der Waals surface area (Å²) >= 11 is 0. The molecule has 1 saturated carbocycles. The van der Waals surface area contributed by atoms with Crippen molar-refractivity contribution in [3.05, 3.63) is 53.6 Å². The van der Waals surface area contributed by atoms with Gasteiger partial charge in [0.2, 0.25) is 0 Å². The number of aliphatic hydroxyl groups is 1. The predicted molar refractivity (Wildman–Crippen MR) is 123 cm³/mol. The van der Waals surface area contributed by atoms with E-state index >= 15 is 0 Å². The van der Waals surface area contributed by atoms with Crippen molar-refractivity contribution in [2.75, 3.05) is 13.2 Å². The first-order valence-corrected chi connectivity index (χ1v) is 12.4. The van der Waals surface area contributed by atoms with Gasteiger partial charge < -0.3 is 19.3 Å². The van der Waals surface area contributed by atoms with Crippen LogP contribution in [0.3, 0.4) is 0 Å². The number of rotatable bonds is 7. The molecular formula is C27H30F6O4. The van der Waals surface area contributed by atoms with E-state index < -0.39 is 52.9 Å². The van der Waals surface area contributed by atoms with Gasteiger partial charge in [0, 0.05) is 23.0 Å². The van der Waals surface area contributed by atoms with Gasteiger partial charge in [-0.3, -0.25) is 0 Å². The van der Waals surface area contributed by atoms with Crippen LogP contribution in [-0.2, 0) is 9.47 Å². The third-order valence-electron chi connectivity index (χ3n) is 7.32. The molecule has 1 heterocycles. The summed E-state index contributed by atoms with van der Waals surface area (Å²) in [7, 11) is 0. The first-order valence-electron chi connectivity index (χ1n) is 12.4. The molecule has 2 fully saturated rings. The van der Waals surface area contributed by atoms with Crippen molar-refractivity contribution in [3.63, 3.8) is 0 Å². The number of hydrogen-bond donors (Lipinski definition) is 1. The van der Waals surface area contributed by atoms with E-state index in [1.807, 2.05) is 13.8 Å². The highest BCUT2D eigenvalue weighted by Crippen LogP contribution is 2.46. The van der Waals surface area contributed by atoms with Crippen LogP contribution < -0.4 is 4.74 Å². The van der Waals surface area contributed by atoms with Gasteiger partial charge in [0.15, 0.2) is 17.5 Å². The Morgan fingerprint density at radius 3 is 2.08 bits per heavy atom. The van der Waals surface area contributed by atoms with Crippen molar-refractivity contribution in [2.45, 2.75) is 64.5 Å². The first kappa shape index (κ1) is 27.7. The van der Waals surface area contributed by atoms with Gasteiger partial charge in [-0.15, -0.1) is 0 Å². The lowest BCUT2D eigenvalue weighted by atomic mass is 9.79. The molecule has 204 valence electrons. The van der Waals surface area contributed by atoms with Gasteiger partial charge in [0.05, 0.1) is 19.1 Å². The summed E-state index contributed by atoms with van der Waals surface area (Å²) in [6.07, 6.45) is -1.33. The van der Waals surface area contributed by atoms with E-state index in [1.165, 1.54) is 0 Å². The number of alkyl halides is 2. The summed E-state index contributed by atoms with van der Waals surface area (Å²) in [5.41, 5.74) is -0.793. The molecule has 0 atom stereocenters. The van der Waals surface area contributed by atoms with Gasteiger partial charge >= 0.3 is 6.11 Å². The molecule has 1 N–H and O–H groups in total. The van der Waals surface area contributed by atoms with Crippen LogP contribution in [0, 0.1) is 40.5 Å². The summed E-state index contributed by atoms with van der Waals surface area (Å²) in [5.74, 6) is -9.70. The van der Waals surface area contributed by atoms with Crippen LogP contribution in [0.5, 0.6) is 5.75 Å². The molecule has 1 saturated heterocycles. The highest BCUT2D eigenvalue weighted by atomic mass is 19.3. The highest BCUT2D eigenvalue weighted by Gasteiger charge is 2.51. The Kier molecular flexibility index (Phi) is 7.84. The fourth-order valence-electron chi connectivity index (χ4n) is 5.16. The summed E-state index contributed by atoms with van der Waals surface area (Å²) < 4.78 is 101. The van der Waals surface area contributed by atoms with Gasteiger partial charge in [-0.1, -0.05) is 20.3 Å². The number of hydrogen-bond acceptors (Lipinski definition) is 4. The van der Waals surface area contributed by atoms with E-state index in [-0.39, 0.29) is 42.2 Å². The van der Waals surface area contributed by atoms with Crippen LogP contribution in [0.15, 0.2) is 30.3 Å². The van der Waals surface area contributed by atoms with Crippen molar-refractivity contribution in [2.24, 2.45) is 17.3 Å². The van der Waals surface area contributed by atoms with Gasteiger partial charge in [-0.25, -0.2) is 17.6 Å². The van der Waals surface area contributed by atoms with E-state index in [4.69, 9.17) is 14.2 Å². The summed E-state index contributed by atoms with van der Waals surface area (Å²) in [6, 6.07) is 4.00. The molecule has 1 aliphatic carbocycles. The van der Waals surface area contributed by atoms with Gasteiger partial charge in [-0.2, -0.15) is 8.78 Å². The molecule has 0 spiro atoms. The molecule has 0 aromatic heterocycles. The molecule has 0 bridgehead atoms. The molecule has 10 heteroatoms. The second-order valence-corrected chi connectivity index (χ2v) is 10.4. The van der Waals surface area contributed by atoms with Crippen molar-refractivity contribution in [1.29, 1.82) is 0 Å². The lowest BCUT2D eigenvalue weighted by Gasteiger charge is -2.46. The van der Waals surface area contributed by atoms with Crippen molar-refractivity contribution >= 4 is 0 Å². The second-order valence-electron chi connectivity index (χ2n) is 10.4. The van der Waals surface area contributed by atoms with Crippen molar-refractivity contribution in [3.8, 4) is 16.9 Å². The van der Waals surface area contributed by atoms with E-state index in [0.717, 1.165) is 25.0 Å². The van der Waals surface area contributed by atoms with E-state index in [9.17, 15) is 31.4 Å². The van der Waals surface area contributed by atoms with Gasteiger partial charge in [0.1, 0.15) is 11.6 Å². The van der Waals surface area contributed by atoms with E-state index in [2.05, 4.69) is 0 Å². The second kappa shape index (κ2) is 10.5. The van der Waals surface area contributed by atoms with Crippen LogP contribution in [0.4, 0.5) is 26.3 Å². The normalized spacial score (nSPS) is 28.8. The van der Waals surface area contributed by atoms with Crippen molar-refractivity contribution < 1.29 is 45.7 Å². The largest absolute Gasteiger partial charge is 0.432 e. The minimum Gasteiger partial charge on any atom is -0.432 e. The number of halogens is 6. The third-order valence-corrected chi connectivity index (χ3v) is 7.32. The average molecular weight is 533 g/mol. The highest BCUT2D eigenvalue weighted by molar-refractivity contribution is 5.65. The maximum Gasteiger partial charge on any atom is 0.400 e. The average Bonchev–Trinajstić information content (AvgIpc) is 2.84. The Bertz CT molecular complexity index is 1090. The zero-order valence-corrected chi connectivity index (χ0v) is 20.6. The van der Waals surface area contributed by atoms with Crippen LogP contribution >= 0.6 is 0 Å². The van der Waals surface area contributed by atoms with Gasteiger partial charge in [0.25, 0.3) is 5.97 Å². The Morgan fingerprint density at radius 2 is 1.54 bits per heavy atom. The van der Waals surface area contributed by atoms with E-state index in [0.29, 0.717) is 31.4 Å². The molecule has 1 aliphatic heterocycles. The Hall–Kier alpha value is -2.30. The first-order chi connectivity index (χ1) is 17.4. The molecule has 0 amide bonds. The molecule has 0 unspecified atom stereocenters. The molecule has 2 aliphatic rings. The molecular weight excluding hydrogens is 502 g/mol. The minimum atomic E-state index is -3.64. The predicted octanol–water partition coefficient (Wildman–Crippen LogP) is 7.19. The Balaban J connectivity index is 1.38. The fraction of sp³-hybridized carbons (Fsp3) is 0.556. The summed E-state index contributed by atoms with van der Waals surface area (Å²) in [5, 5.41) is 10.8. The van der Waals surface area contributed by atoms with Crippen LogP contribution in [0.1, 0.15) is 52.4 Å². The summed E-state index contributed by atoms with van der Waals surface area (Å²) in [6.45, 7) is 4.69. The fourth-order valence-corrected chi connectivity index (χ4v) is 5.16. The minimum absolute atomic E-state index is 0.0215. The maximum atomic E-state index is 14.9. The quantitative estimate of drug-likeness (QED) is 0.303. The smallest absolute Gasteiger partial charge is 0.400 e. The zero-order chi connectivity index (χ0) is 27.0. The Morgan fingerprint density at radius 1 is 0.946 bits per heavy atom. The van der Waals surface area contributed by atoms with E-state index in [1.54, 1.807) is 0 Å². The maximum absolute atomic E-state index is 14.9. The van der Waals surface area contributed by atoms with Crippen LogP contribution in [-0.4, -0.2) is 30.4 Å². The Labute approximate surface area is 211 Å². The molecule has 4 nitrogen and oxygen atoms in total. The zero-order valence-electron chi connectivity index (χ0n) is 20.6. The third kappa shape index (κ3) is 5.91. The van der Waals surface area contributed by atoms with Crippen LogP contribution in [0.2, 0.25) is 0 Å². The van der Waals surface area contributed by atoms with Crippen LogP contribution in [0.25, 0.3) is 11.1 Å². The molecule has 2 aromatic carbocycles. The lowest BCUT2D eigenvalue weighted by molar-refractivity contribution is -0.428. The molecule has 37 heavy (non-hydrogen) atoms. The topological polar surface area (TPSA) is 47.9 Å². The number of ether oxygens (including phenoxy) is 3. The summed E-state index contributed by atoms with van der Waals surface area (Å²) in [4.78, 5) is 0. The van der Waals surface area contributed by atoms with Crippen molar-refractivity contribution in [1.82, 2.24) is 0 Å². The molecule has 2 aromatic rings. The SMILES string of the molecule is CCCC1(C)COC(O)(C2CCC(C(F)(F)Oc3ccc(-c4cc(F)c(F)c(F)c4)c(F)c3)CC2)OC1. The number of benzene rings is 2.